The van der Waals surface area contributed by atoms with Gasteiger partial charge in [0.2, 0.25) is 5.95 Å². The van der Waals surface area contributed by atoms with Crippen LogP contribution < -0.4 is 5.32 Å². The van der Waals surface area contributed by atoms with Gasteiger partial charge in [0.05, 0.1) is 28.6 Å². The van der Waals surface area contributed by atoms with E-state index >= 15 is 0 Å². The largest absolute Gasteiger partial charge is 0.469 e. The minimum Gasteiger partial charge on any atom is -0.469 e. The van der Waals surface area contributed by atoms with Crippen molar-refractivity contribution in [3.63, 3.8) is 0 Å². The van der Waals surface area contributed by atoms with E-state index in [1.54, 1.807) is 10.9 Å². The molecule has 0 bridgehead atoms. The Kier molecular flexibility index (Phi) is 4.43. The zero-order valence-electron chi connectivity index (χ0n) is 18.4. The fraction of sp³-hybridized carbons (Fsp3) is 0.192. The molecule has 1 unspecified atom stereocenters. The first-order valence-electron chi connectivity index (χ1n) is 11.0. The Labute approximate surface area is 190 Å². The predicted molar refractivity (Wildman–Crippen MR) is 127 cm³/mol. The van der Waals surface area contributed by atoms with E-state index in [9.17, 15) is 4.79 Å². The Hall–Kier alpha value is -4.13. The van der Waals surface area contributed by atoms with Crippen molar-refractivity contribution < 1.29 is 9.21 Å². The molecule has 0 fully saturated rings. The van der Waals surface area contributed by atoms with E-state index in [2.05, 4.69) is 42.3 Å². The van der Waals surface area contributed by atoms with Gasteiger partial charge in [-0.15, -0.1) is 5.10 Å². The number of aryl methyl sites for hydroxylation is 2. The van der Waals surface area contributed by atoms with Crippen LogP contribution in [0.15, 0.2) is 65.3 Å². The van der Waals surface area contributed by atoms with Crippen LogP contribution in [-0.2, 0) is 6.42 Å². The Morgan fingerprint density at radius 2 is 1.88 bits per heavy atom. The maximum atomic E-state index is 13.4. The highest BCUT2D eigenvalue weighted by atomic mass is 16.3. The second kappa shape index (κ2) is 7.48. The number of furan rings is 1. The number of fused-ring (bicyclic) bond motifs is 2. The Morgan fingerprint density at radius 1 is 1.06 bits per heavy atom. The molecule has 0 saturated heterocycles. The van der Waals surface area contributed by atoms with Gasteiger partial charge in [0, 0.05) is 24.4 Å². The van der Waals surface area contributed by atoms with Gasteiger partial charge >= 0.3 is 0 Å². The molecule has 2 aromatic carbocycles. The van der Waals surface area contributed by atoms with Gasteiger partial charge < -0.3 is 14.7 Å². The molecule has 1 aliphatic rings. The van der Waals surface area contributed by atoms with E-state index in [-0.39, 0.29) is 11.7 Å². The van der Waals surface area contributed by atoms with E-state index < -0.39 is 0 Å². The number of anilines is 2. The first-order chi connectivity index (χ1) is 16.0. The first-order valence-corrected chi connectivity index (χ1v) is 11.0. The van der Waals surface area contributed by atoms with Gasteiger partial charge in [0.1, 0.15) is 5.76 Å². The van der Waals surface area contributed by atoms with E-state index in [4.69, 9.17) is 14.5 Å². The standard InChI is InChI=1S/C26H23N5O2/c1-15-10-16(2)12-18(11-15)27-25-24-21(13-17(14-22(24)32)23-8-5-9-33-23)31(30-25)26-28-19-6-3-4-7-20(19)29-26/h3-12,17H,13-14H2,1-2H3,(H,27,30)(H,28,29). The molecule has 0 radical (unpaired) electrons. The fourth-order valence-electron chi connectivity index (χ4n) is 4.78. The van der Waals surface area contributed by atoms with Crippen LogP contribution in [0.2, 0.25) is 0 Å². The number of carbonyl (C=O) groups excluding carboxylic acids is 1. The summed E-state index contributed by atoms with van der Waals surface area (Å²) in [5, 5.41) is 8.24. The maximum Gasteiger partial charge on any atom is 0.229 e. The average Bonchev–Trinajstić information content (AvgIpc) is 3.51. The Morgan fingerprint density at radius 3 is 2.64 bits per heavy atom. The van der Waals surface area contributed by atoms with Crippen molar-refractivity contribution in [3.8, 4) is 5.95 Å². The smallest absolute Gasteiger partial charge is 0.229 e. The molecule has 0 saturated carbocycles. The molecule has 3 aromatic heterocycles. The summed E-state index contributed by atoms with van der Waals surface area (Å²) in [6.07, 6.45) is 2.67. The normalized spacial score (nSPS) is 15.7. The van der Waals surface area contributed by atoms with E-state index in [0.717, 1.165) is 39.3 Å². The van der Waals surface area contributed by atoms with Crippen LogP contribution >= 0.6 is 0 Å². The lowest BCUT2D eigenvalue weighted by Gasteiger charge is -2.20. The highest BCUT2D eigenvalue weighted by Crippen LogP contribution is 2.38. The molecular weight excluding hydrogens is 414 g/mol. The summed E-state index contributed by atoms with van der Waals surface area (Å²) in [4.78, 5) is 21.5. The van der Waals surface area contributed by atoms with E-state index in [1.807, 2.05) is 36.4 Å². The number of H-pyrrole nitrogens is 1. The van der Waals surface area contributed by atoms with Crippen molar-refractivity contribution in [2.24, 2.45) is 0 Å². The molecule has 1 aliphatic carbocycles. The Balaban J connectivity index is 1.50. The summed E-state index contributed by atoms with van der Waals surface area (Å²) in [6.45, 7) is 4.11. The SMILES string of the molecule is Cc1cc(C)cc(Nc2nn(-c3nc4ccccc4[nH]3)c3c2C(=O)CC(c2ccco2)C3)c1. The zero-order valence-corrected chi connectivity index (χ0v) is 18.4. The van der Waals surface area contributed by atoms with Crippen LogP contribution in [0.25, 0.3) is 17.0 Å². The molecule has 5 aromatic rings. The highest BCUT2D eigenvalue weighted by molar-refractivity contribution is 6.03. The number of imidazole rings is 1. The molecule has 6 rings (SSSR count). The molecule has 7 heteroatoms. The van der Waals surface area contributed by atoms with Crippen LogP contribution in [0.3, 0.4) is 0 Å². The number of rotatable bonds is 4. The van der Waals surface area contributed by atoms with Gasteiger partial charge in [0.15, 0.2) is 11.6 Å². The monoisotopic (exact) mass is 437 g/mol. The number of aromatic amines is 1. The third-order valence-electron chi connectivity index (χ3n) is 6.14. The van der Waals surface area contributed by atoms with E-state index in [1.165, 1.54) is 0 Å². The van der Waals surface area contributed by atoms with Crippen LogP contribution in [0.5, 0.6) is 0 Å². The number of hydrogen-bond acceptors (Lipinski definition) is 5. The van der Waals surface area contributed by atoms with Crippen LogP contribution in [-0.4, -0.2) is 25.5 Å². The number of benzene rings is 2. The summed E-state index contributed by atoms with van der Waals surface area (Å²) >= 11 is 0. The minimum absolute atomic E-state index is 0.0334. The second-order valence-corrected chi connectivity index (χ2v) is 8.70. The lowest BCUT2D eigenvalue weighted by molar-refractivity contribution is 0.0960. The molecule has 2 N–H and O–H groups in total. The topological polar surface area (TPSA) is 88.7 Å². The molecular formula is C26H23N5O2. The molecule has 1 atom stereocenters. The molecule has 164 valence electrons. The summed E-state index contributed by atoms with van der Waals surface area (Å²) in [5.74, 6) is 1.98. The van der Waals surface area contributed by atoms with Crippen molar-refractivity contribution in [1.82, 2.24) is 19.7 Å². The third-order valence-corrected chi connectivity index (χ3v) is 6.14. The predicted octanol–water partition coefficient (Wildman–Crippen LogP) is 5.61. The molecule has 33 heavy (non-hydrogen) atoms. The zero-order chi connectivity index (χ0) is 22.5. The van der Waals surface area contributed by atoms with Gasteiger partial charge in [0.25, 0.3) is 0 Å². The molecule has 7 nitrogen and oxygen atoms in total. The van der Waals surface area contributed by atoms with Crippen molar-refractivity contribution in [2.45, 2.75) is 32.6 Å². The number of hydrogen-bond donors (Lipinski definition) is 2. The number of nitrogens with zero attached hydrogens (tertiary/aromatic N) is 3. The minimum atomic E-state index is -0.0334. The fourth-order valence-corrected chi connectivity index (χ4v) is 4.78. The number of carbonyl (C=O) groups is 1. The van der Waals surface area contributed by atoms with Crippen LogP contribution in [0.4, 0.5) is 11.5 Å². The van der Waals surface area contributed by atoms with Gasteiger partial charge in [-0.2, -0.15) is 0 Å². The van der Waals surface area contributed by atoms with Crippen molar-refractivity contribution in [3.05, 3.63) is 89.0 Å². The number of nitrogens with one attached hydrogen (secondary N) is 2. The van der Waals surface area contributed by atoms with E-state index in [0.29, 0.717) is 30.2 Å². The number of para-hydroxylation sites is 2. The first kappa shape index (κ1) is 19.5. The quantitative estimate of drug-likeness (QED) is 0.381. The van der Waals surface area contributed by atoms with Crippen molar-refractivity contribution >= 4 is 28.3 Å². The number of ketones is 1. The molecule has 3 heterocycles. The maximum absolute atomic E-state index is 13.4. The van der Waals surface area contributed by atoms with Gasteiger partial charge in [-0.3, -0.25) is 4.79 Å². The van der Waals surface area contributed by atoms with Gasteiger partial charge in [-0.1, -0.05) is 18.2 Å². The molecule has 0 amide bonds. The molecule has 0 spiro atoms. The average molecular weight is 438 g/mol. The lowest BCUT2D eigenvalue weighted by Crippen LogP contribution is -2.20. The van der Waals surface area contributed by atoms with Crippen LogP contribution in [0.1, 0.15) is 45.3 Å². The highest BCUT2D eigenvalue weighted by Gasteiger charge is 2.35. The van der Waals surface area contributed by atoms with Crippen molar-refractivity contribution in [2.75, 3.05) is 5.32 Å². The van der Waals surface area contributed by atoms with Gasteiger partial charge in [-0.05, 0) is 61.4 Å². The summed E-state index contributed by atoms with van der Waals surface area (Å²) in [5.41, 5.74) is 6.43. The summed E-state index contributed by atoms with van der Waals surface area (Å²) < 4.78 is 7.41. The lowest BCUT2D eigenvalue weighted by atomic mass is 9.85. The van der Waals surface area contributed by atoms with Crippen molar-refractivity contribution in [1.29, 1.82) is 0 Å². The molecule has 0 aliphatic heterocycles. The Bertz CT molecular complexity index is 1440. The summed E-state index contributed by atoms with van der Waals surface area (Å²) in [7, 11) is 0. The number of Topliss-reactive ketones (excluding diaryl/α,β-unsaturated/α-hetero) is 1. The third kappa shape index (κ3) is 3.42. The second-order valence-electron chi connectivity index (χ2n) is 8.70. The van der Waals surface area contributed by atoms with Gasteiger partial charge in [-0.25, -0.2) is 9.67 Å². The summed E-state index contributed by atoms with van der Waals surface area (Å²) in [6, 6.07) is 17.9. The van der Waals surface area contributed by atoms with Crippen LogP contribution in [0, 0.1) is 13.8 Å². The number of aromatic nitrogens is 4.